The molecule has 2 aromatic rings. The third kappa shape index (κ3) is 12.0. The summed E-state index contributed by atoms with van der Waals surface area (Å²) < 4.78 is 34.9. The van der Waals surface area contributed by atoms with E-state index in [1.165, 1.54) is 7.11 Å². The van der Waals surface area contributed by atoms with E-state index in [1.807, 2.05) is 36.4 Å². The van der Waals surface area contributed by atoms with Crippen molar-refractivity contribution in [1.82, 2.24) is 5.32 Å². The van der Waals surface area contributed by atoms with Gasteiger partial charge in [-0.05, 0) is 0 Å². The summed E-state index contributed by atoms with van der Waals surface area (Å²) in [6.45, 7) is 16.2. The van der Waals surface area contributed by atoms with Crippen LogP contribution in [0, 0.1) is 5.92 Å². The molecule has 10 nitrogen and oxygen atoms in total. The van der Waals surface area contributed by atoms with Gasteiger partial charge in [0, 0.05) is 0 Å². The normalized spacial score (nSPS) is 15.7. The van der Waals surface area contributed by atoms with Crippen molar-refractivity contribution in [2.24, 2.45) is 5.92 Å². The third-order valence-electron chi connectivity index (χ3n) is 5.59. The molecule has 41 heavy (non-hydrogen) atoms. The van der Waals surface area contributed by atoms with Crippen LogP contribution < -0.4 is 10.1 Å². The van der Waals surface area contributed by atoms with Crippen molar-refractivity contribution >= 4 is 14.0 Å². The second-order valence-electron chi connectivity index (χ2n) is 11.6. The molecule has 11 heteroatoms. The number of carbonyl (C=O) groups is 1. The minimum absolute atomic E-state index is 0.0114. The van der Waals surface area contributed by atoms with Crippen molar-refractivity contribution in [3.63, 3.8) is 0 Å². The number of alkyl carbamates (subject to hydrolysis) is 1. The van der Waals surface area contributed by atoms with Crippen molar-refractivity contribution in [2.45, 2.75) is 84.5 Å². The average molecular weight is 596 g/mol. The summed E-state index contributed by atoms with van der Waals surface area (Å²) in [5, 5.41) is 13.5. The molecule has 0 aliphatic carbocycles. The predicted octanol–water partition coefficient (Wildman–Crippen LogP) is 5.89. The number of benzene rings is 2. The molecule has 0 aliphatic heterocycles. The van der Waals surface area contributed by atoms with Gasteiger partial charge in [-0.3, -0.25) is 0 Å². The average Bonchev–Trinajstić information content (AvgIpc) is 2.87. The Bertz CT molecular complexity index is 1070. The van der Waals surface area contributed by atoms with Crippen LogP contribution in [0.5, 0.6) is 5.75 Å². The Hall–Kier alpha value is -2.72. The summed E-state index contributed by atoms with van der Waals surface area (Å²) in [4.78, 5) is 25.0. The van der Waals surface area contributed by atoms with Gasteiger partial charge in [0.2, 0.25) is 0 Å². The van der Waals surface area contributed by atoms with E-state index in [4.69, 9.17) is 28.0 Å². The van der Waals surface area contributed by atoms with E-state index in [0.29, 0.717) is 5.75 Å². The van der Waals surface area contributed by atoms with Gasteiger partial charge in [0.25, 0.3) is 0 Å². The van der Waals surface area contributed by atoms with Crippen LogP contribution in [0.25, 0.3) is 0 Å². The van der Waals surface area contributed by atoms with Crippen LogP contribution in [0.15, 0.2) is 73.2 Å². The molecule has 2 unspecified atom stereocenters. The molecule has 0 fully saturated rings. The fourth-order valence-corrected chi connectivity index (χ4v) is 7.19. The SMILES string of the molecule is C=C(Oc1ccccc1)OC([C@H](C)[C@H](NC(=O)OCc1ccccc1)C(O)OC)[PH](O)(OC(C)(C)C)OC(C)(C)C. The van der Waals surface area contributed by atoms with Gasteiger partial charge >= 0.3 is 244 Å². The zero-order valence-corrected chi connectivity index (χ0v) is 26.2. The van der Waals surface area contributed by atoms with Crippen molar-refractivity contribution < 1.29 is 42.8 Å². The topological polar surface area (TPSA) is 125 Å². The summed E-state index contributed by atoms with van der Waals surface area (Å²) >= 11 is 0. The number of methoxy groups -OCH3 is 1. The number of amides is 1. The number of aliphatic hydroxyl groups is 1. The fourth-order valence-electron chi connectivity index (χ4n) is 4.01. The van der Waals surface area contributed by atoms with Crippen LogP contribution >= 0.6 is 7.94 Å². The molecule has 0 radical (unpaired) electrons. The van der Waals surface area contributed by atoms with E-state index in [9.17, 15) is 14.8 Å². The monoisotopic (exact) mass is 595 g/mol. The minimum atomic E-state index is -4.36. The molecule has 1 amide bonds. The van der Waals surface area contributed by atoms with Gasteiger partial charge in [-0.2, -0.15) is 0 Å². The zero-order valence-electron chi connectivity index (χ0n) is 25.2. The molecule has 2 rings (SSSR count). The quantitative estimate of drug-likeness (QED) is 0.139. The van der Waals surface area contributed by atoms with E-state index in [2.05, 4.69) is 11.9 Å². The van der Waals surface area contributed by atoms with Crippen molar-refractivity contribution in [3.05, 3.63) is 78.8 Å². The molecule has 0 aromatic heterocycles. The molecule has 0 heterocycles. The summed E-state index contributed by atoms with van der Waals surface area (Å²) in [6, 6.07) is 16.9. The molecule has 0 spiro atoms. The Morgan fingerprint density at radius 3 is 1.95 bits per heavy atom. The Morgan fingerprint density at radius 2 is 1.46 bits per heavy atom. The Morgan fingerprint density at radius 1 is 0.951 bits per heavy atom. The first-order valence-corrected chi connectivity index (χ1v) is 15.3. The molecule has 4 atom stereocenters. The van der Waals surface area contributed by atoms with Gasteiger partial charge < -0.3 is 0 Å². The van der Waals surface area contributed by atoms with Crippen LogP contribution in [0.4, 0.5) is 4.79 Å². The Balaban J connectivity index is 2.43. The van der Waals surface area contributed by atoms with E-state index in [-0.39, 0.29) is 12.6 Å². The predicted molar refractivity (Wildman–Crippen MR) is 159 cm³/mol. The van der Waals surface area contributed by atoms with Gasteiger partial charge in [-0.15, -0.1) is 0 Å². The number of para-hydroxylation sites is 1. The summed E-state index contributed by atoms with van der Waals surface area (Å²) in [5.41, 5.74) is -0.923. The Labute approximate surface area is 244 Å². The summed E-state index contributed by atoms with van der Waals surface area (Å²) in [7, 11) is -3.07. The fraction of sp³-hybridized carbons (Fsp3) is 0.500. The molecule has 230 valence electrons. The van der Waals surface area contributed by atoms with Crippen molar-refractivity contribution in [2.75, 3.05) is 7.11 Å². The number of hydrogen-bond donors (Lipinski definition) is 3. The molecule has 0 aliphatic rings. The number of hydrogen-bond acceptors (Lipinski definition) is 9. The summed E-state index contributed by atoms with van der Waals surface area (Å²) in [6.07, 6.45) is -2.31. The third-order valence-corrected chi connectivity index (χ3v) is 8.76. The second-order valence-corrected chi connectivity index (χ2v) is 13.8. The zero-order chi connectivity index (χ0) is 30.8. The number of ether oxygens (including phenoxy) is 4. The summed E-state index contributed by atoms with van der Waals surface area (Å²) in [5.74, 6) is -1.85. The van der Waals surface area contributed by atoms with Gasteiger partial charge in [0.05, 0.1) is 0 Å². The molecular weight excluding hydrogens is 549 g/mol. The van der Waals surface area contributed by atoms with Crippen molar-refractivity contribution in [1.29, 1.82) is 0 Å². The van der Waals surface area contributed by atoms with Gasteiger partial charge in [0.15, 0.2) is 0 Å². The molecule has 3 N–H and O–H groups in total. The van der Waals surface area contributed by atoms with Crippen LogP contribution in [0.2, 0.25) is 0 Å². The van der Waals surface area contributed by atoms with E-state index >= 15 is 0 Å². The van der Waals surface area contributed by atoms with Gasteiger partial charge in [-0.1, -0.05) is 0 Å². The van der Waals surface area contributed by atoms with Gasteiger partial charge in [0.1, 0.15) is 0 Å². The van der Waals surface area contributed by atoms with Crippen LogP contribution in [0.1, 0.15) is 54.0 Å². The van der Waals surface area contributed by atoms with E-state index in [0.717, 1.165) is 5.56 Å². The number of aliphatic hydroxyl groups excluding tert-OH is 1. The van der Waals surface area contributed by atoms with Crippen LogP contribution in [-0.2, 0) is 29.9 Å². The first kappa shape index (κ1) is 34.5. The second kappa shape index (κ2) is 15.0. The first-order valence-electron chi connectivity index (χ1n) is 13.4. The molecular formula is C30H46NO9P. The molecule has 0 saturated carbocycles. The van der Waals surface area contributed by atoms with Crippen LogP contribution in [0.3, 0.4) is 0 Å². The number of nitrogens with one attached hydrogen (secondary N) is 1. The van der Waals surface area contributed by atoms with E-state index in [1.54, 1.807) is 72.7 Å². The molecule has 2 aromatic carbocycles. The maximum atomic E-state index is 12.8. The van der Waals surface area contributed by atoms with E-state index < -0.39 is 49.3 Å². The first-order chi connectivity index (χ1) is 19.0. The standard InChI is InChI=1S/C30H46NO9P/c1-21(25(26(32)35-9)31-28(33)36-20-23-16-12-10-13-17-23)27(38-22(2)37-24-18-14-11-15-19-24)41(34,39-29(3,4)5)40-30(6,7)8/h10-19,21,25-27,32,34,41H,2,20H2,1,3-9H3,(H,31,33)/t21-,25+,26?,27?/m1/s1. The van der Waals surface area contributed by atoms with Crippen molar-refractivity contribution in [3.8, 4) is 5.75 Å². The molecule has 0 bridgehead atoms. The maximum absolute atomic E-state index is 12.8. The number of carbonyl (C=O) groups excluding carboxylic acids is 1. The Kier molecular flexibility index (Phi) is 12.6. The van der Waals surface area contributed by atoms with Gasteiger partial charge in [-0.25, -0.2) is 0 Å². The molecule has 0 saturated heterocycles. The van der Waals surface area contributed by atoms with Crippen LogP contribution in [-0.4, -0.2) is 52.6 Å². The number of rotatable bonds is 14.